The van der Waals surface area contributed by atoms with E-state index in [1.165, 1.54) is 0 Å². The van der Waals surface area contributed by atoms with Crippen molar-refractivity contribution in [2.24, 2.45) is 5.92 Å². The number of hydrogen-bond acceptors (Lipinski definition) is 4. The van der Waals surface area contributed by atoms with Gasteiger partial charge in [0.1, 0.15) is 18.0 Å². The van der Waals surface area contributed by atoms with E-state index >= 15 is 0 Å². The lowest BCUT2D eigenvalue weighted by Crippen LogP contribution is -2.47. The first-order chi connectivity index (χ1) is 13.0. The van der Waals surface area contributed by atoms with Crippen LogP contribution in [0.5, 0.6) is 5.75 Å². The molecule has 7 heteroatoms. The van der Waals surface area contributed by atoms with Gasteiger partial charge in [-0.15, -0.1) is 0 Å². The van der Waals surface area contributed by atoms with Crippen molar-refractivity contribution in [3.8, 4) is 5.75 Å². The molecular weight excluding hydrogens is 401 g/mol. The summed E-state index contributed by atoms with van der Waals surface area (Å²) in [5.41, 5.74) is -0.153. The largest absolute Gasteiger partial charge is 0.489 e. The van der Waals surface area contributed by atoms with Crippen molar-refractivity contribution in [2.45, 2.75) is 52.2 Å². The van der Waals surface area contributed by atoms with E-state index < -0.39 is 5.60 Å². The van der Waals surface area contributed by atoms with Gasteiger partial charge in [-0.25, -0.2) is 4.79 Å². The molecule has 154 valence electrons. The van der Waals surface area contributed by atoms with Gasteiger partial charge in [-0.2, -0.15) is 0 Å². The number of carbonyl (C=O) groups is 2. The van der Waals surface area contributed by atoms with E-state index in [0.29, 0.717) is 40.7 Å². The van der Waals surface area contributed by atoms with Crippen LogP contribution in [0.4, 0.5) is 4.79 Å². The summed E-state index contributed by atoms with van der Waals surface area (Å²) in [5, 5.41) is 0.626. The van der Waals surface area contributed by atoms with Crippen LogP contribution in [0.25, 0.3) is 0 Å². The van der Waals surface area contributed by atoms with E-state index in [2.05, 4.69) is 6.58 Å². The molecule has 5 nitrogen and oxygen atoms in total. The Morgan fingerprint density at radius 2 is 1.93 bits per heavy atom. The van der Waals surface area contributed by atoms with Crippen LogP contribution in [0.1, 0.15) is 50.9 Å². The van der Waals surface area contributed by atoms with Crippen molar-refractivity contribution in [1.29, 1.82) is 0 Å². The van der Waals surface area contributed by atoms with Crippen LogP contribution in [0, 0.1) is 5.92 Å². The second-order valence-electron chi connectivity index (χ2n) is 7.97. The van der Waals surface area contributed by atoms with Crippen LogP contribution in [0.2, 0.25) is 10.0 Å². The molecule has 0 radical (unpaired) electrons. The second kappa shape index (κ2) is 9.19. The summed E-state index contributed by atoms with van der Waals surface area (Å²) in [6.45, 7) is 11.8. The summed E-state index contributed by atoms with van der Waals surface area (Å²) >= 11 is 12.2. The highest BCUT2D eigenvalue weighted by molar-refractivity contribution is 6.42. The van der Waals surface area contributed by atoms with E-state index in [4.69, 9.17) is 32.7 Å². The van der Waals surface area contributed by atoms with E-state index in [-0.39, 0.29) is 30.4 Å². The van der Waals surface area contributed by atoms with Crippen LogP contribution in [0.3, 0.4) is 0 Å². The molecule has 1 aromatic rings. The molecule has 2 atom stereocenters. The molecule has 0 aromatic heterocycles. The summed E-state index contributed by atoms with van der Waals surface area (Å²) in [6, 6.07) is 2.99. The fourth-order valence-electron chi connectivity index (χ4n) is 3.21. The second-order valence-corrected chi connectivity index (χ2v) is 8.78. The molecule has 1 aromatic carbocycles. The first-order valence-corrected chi connectivity index (χ1v) is 10.1. The fourth-order valence-corrected chi connectivity index (χ4v) is 3.53. The van der Waals surface area contributed by atoms with Crippen molar-refractivity contribution in [3.63, 3.8) is 0 Å². The highest BCUT2D eigenvalue weighted by Gasteiger charge is 2.35. The molecule has 2 rings (SSSR count). The highest BCUT2D eigenvalue weighted by Crippen LogP contribution is 2.35. The number of benzene rings is 1. The third-order valence-electron chi connectivity index (χ3n) is 4.52. The third kappa shape index (κ3) is 5.65. The van der Waals surface area contributed by atoms with Gasteiger partial charge in [0.05, 0.1) is 15.6 Å². The van der Waals surface area contributed by atoms with Crippen molar-refractivity contribution >= 4 is 35.1 Å². The number of piperidine rings is 1. The highest BCUT2D eigenvalue weighted by atomic mass is 35.5. The number of nitrogens with zero attached hydrogens (tertiary/aromatic N) is 1. The predicted molar refractivity (Wildman–Crippen MR) is 112 cm³/mol. The quantitative estimate of drug-likeness (QED) is 0.441. The Kier molecular flexibility index (Phi) is 7.40. The minimum Gasteiger partial charge on any atom is -0.489 e. The zero-order valence-corrected chi connectivity index (χ0v) is 18.3. The van der Waals surface area contributed by atoms with Crippen molar-refractivity contribution in [3.05, 3.63) is 40.4 Å². The SMILES string of the molecule is C=CCOc1cc(Cl)c(Cl)cc1C(=O)[C@@H]1CCN(C(=O)OC(C)(C)C)[C@H](C)C1. The number of hydrogen-bond donors (Lipinski definition) is 0. The van der Waals surface area contributed by atoms with Crippen LogP contribution in [-0.4, -0.2) is 41.6 Å². The Hall–Kier alpha value is -1.72. The van der Waals surface area contributed by atoms with E-state index in [1.54, 1.807) is 23.1 Å². The molecular formula is C21H27Cl2NO4. The Morgan fingerprint density at radius 3 is 2.50 bits per heavy atom. The minimum absolute atomic E-state index is 0.0617. The molecule has 0 aliphatic carbocycles. The molecule has 0 spiro atoms. The van der Waals surface area contributed by atoms with Crippen LogP contribution < -0.4 is 4.74 Å². The van der Waals surface area contributed by atoms with Crippen LogP contribution in [-0.2, 0) is 4.74 Å². The normalized spacial score (nSPS) is 19.9. The molecule has 0 bridgehead atoms. The van der Waals surface area contributed by atoms with Gasteiger partial charge in [-0.05, 0) is 46.6 Å². The first-order valence-electron chi connectivity index (χ1n) is 9.30. The number of ether oxygens (including phenoxy) is 2. The molecule has 1 amide bonds. The molecule has 0 saturated carbocycles. The van der Waals surface area contributed by atoms with Crippen LogP contribution in [0.15, 0.2) is 24.8 Å². The number of Topliss-reactive ketones (excluding diaryl/α,β-unsaturated/α-hetero) is 1. The van der Waals surface area contributed by atoms with Crippen molar-refractivity contribution in [1.82, 2.24) is 4.90 Å². The van der Waals surface area contributed by atoms with E-state index in [0.717, 1.165) is 0 Å². The Balaban J connectivity index is 2.15. The van der Waals surface area contributed by atoms with Gasteiger partial charge in [0, 0.05) is 24.6 Å². The lowest BCUT2D eigenvalue weighted by atomic mass is 9.85. The van der Waals surface area contributed by atoms with Gasteiger partial charge in [-0.1, -0.05) is 35.9 Å². The molecule has 1 heterocycles. The van der Waals surface area contributed by atoms with Gasteiger partial charge in [0.2, 0.25) is 0 Å². The monoisotopic (exact) mass is 427 g/mol. The summed E-state index contributed by atoms with van der Waals surface area (Å²) in [7, 11) is 0. The molecule has 28 heavy (non-hydrogen) atoms. The van der Waals surface area contributed by atoms with Gasteiger partial charge >= 0.3 is 6.09 Å². The zero-order chi connectivity index (χ0) is 21.1. The number of amides is 1. The van der Waals surface area contributed by atoms with Crippen molar-refractivity contribution in [2.75, 3.05) is 13.2 Å². The van der Waals surface area contributed by atoms with Gasteiger partial charge in [0.15, 0.2) is 5.78 Å². The lowest BCUT2D eigenvalue weighted by Gasteiger charge is -2.38. The van der Waals surface area contributed by atoms with Gasteiger partial charge < -0.3 is 14.4 Å². The first kappa shape index (κ1) is 22.6. The smallest absolute Gasteiger partial charge is 0.410 e. The topological polar surface area (TPSA) is 55.8 Å². The van der Waals surface area contributed by atoms with E-state index in [1.807, 2.05) is 27.7 Å². The van der Waals surface area contributed by atoms with Gasteiger partial charge in [-0.3, -0.25) is 4.79 Å². The van der Waals surface area contributed by atoms with E-state index in [9.17, 15) is 9.59 Å². The summed E-state index contributed by atoms with van der Waals surface area (Å²) in [6.07, 6.45) is 2.33. The van der Waals surface area contributed by atoms with Crippen LogP contribution >= 0.6 is 23.2 Å². The third-order valence-corrected chi connectivity index (χ3v) is 5.24. The maximum absolute atomic E-state index is 13.2. The Labute approximate surface area is 176 Å². The molecule has 1 aliphatic rings. The summed E-state index contributed by atoms with van der Waals surface area (Å²) in [4.78, 5) is 27.2. The average molecular weight is 428 g/mol. The Morgan fingerprint density at radius 1 is 1.29 bits per heavy atom. The molecule has 1 aliphatic heterocycles. The lowest BCUT2D eigenvalue weighted by molar-refractivity contribution is 0.00733. The number of halogens is 2. The summed E-state index contributed by atoms with van der Waals surface area (Å²) in [5.74, 6) is 0.0897. The molecule has 0 unspecified atom stereocenters. The predicted octanol–water partition coefficient (Wildman–Crippen LogP) is 5.78. The Bertz CT molecular complexity index is 758. The zero-order valence-electron chi connectivity index (χ0n) is 16.8. The average Bonchev–Trinajstić information content (AvgIpc) is 2.60. The summed E-state index contributed by atoms with van der Waals surface area (Å²) < 4.78 is 11.1. The molecule has 1 fully saturated rings. The van der Waals surface area contributed by atoms with Gasteiger partial charge in [0.25, 0.3) is 0 Å². The molecule has 0 N–H and O–H groups in total. The maximum atomic E-state index is 13.2. The number of rotatable bonds is 5. The number of carbonyl (C=O) groups excluding carboxylic acids is 2. The van der Waals surface area contributed by atoms with Crippen molar-refractivity contribution < 1.29 is 19.1 Å². The fraction of sp³-hybridized carbons (Fsp3) is 0.524. The standard InChI is InChI=1S/C21H27Cl2NO4/c1-6-9-27-18-12-17(23)16(22)11-15(18)19(25)14-7-8-24(13(2)10-14)20(26)28-21(3,4)5/h6,11-14H,1,7-10H2,2-5H3/t13-,14-/m1/s1. The maximum Gasteiger partial charge on any atom is 0.410 e. The number of ketones is 1. The molecule has 1 saturated heterocycles. The number of likely N-dealkylation sites (tertiary alicyclic amines) is 1. The minimum atomic E-state index is -0.555.